The van der Waals surface area contributed by atoms with Crippen LogP contribution >= 0.6 is 0 Å². The fourth-order valence-electron chi connectivity index (χ4n) is 4.68. The summed E-state index contributed by atoms with van der Waals surface area (Å²) in [7, 11) is 6.20. The standard InChI is InChI=1S/C31H38N6O2/c1-22(2)37-27-15-10-9-14-26(27)28(23-12-7-6-8-13-23)33-29(30(37)38)34-31(39)32-24-16-18-25(19-17-24)36(5)21-11-20-35(3)4/h6-10,12-19,22,29H,11,20-21H2,1-5H3,(H2,32,34,39). The number of nitrogens with one attached hydrogen (secondary N) is 2. The van der Waals surface area contributed by atoms with Crippen LogP contribution in [0.25, 0.3) is 0 Å². The van der Waals surface area contributed by atoms with Crippen LogP contribution in [-0.4, -0.2) is 69.0 Å². The highest BCUT2D eigenvalue weighted by Crippen LogP contribution is 2.29. The number of aliphatic imine (C=N–C) groups is 1. The minimum absolute atomic E-state index is 0.126. The van der Waals surface area contributed by atoms with Gasteiger partial charge in [-0.3, -0.25) is 4.79 Å². The number of anilines is 3. The third-order valence-corrected chi connectivity index (χ3v) is 6.64. The Bertz CT molecular complexity index is 1300. The smallest absolute Gasteiger partial charge is 0.321 e. The number of nitrogens with zero attached hydrogens (tertiary/aromatic N) is 4. The molecule has 0 fully saturated rings. The Kier molecular flexibility index (Phi) is 8.99. The van der Waals surface area contributed by atoms with Crippen molar-refractivity contribution in [1.29, 1.82) is 0 Å². The summed E-state index contributed by atoms with van der Waals surface area (Å²) in [6, 6.07) is 24.5. The molecule has 0 spiro atoms. The van der Waals surface area contributed by atoms with Crippen LogP contribution in [0.15, 0.2) is 83.9 Å². The molecule has 1 unspecified atom stereocenters. The predicted octanol–water partition coefficient (Wildman–Crippen LogP) is 4.81. The van der Waals surface area contributed by atoms with E-state index in [9.17, 15) is 9.59 Å². The Morgan fingerprint density at radius 2 is 1.59 bits per heavy atom. The van der Waals surface area contributed by atoms with Crippen LogP contribution < -0.4 is 20.4 Å². The molecule has 1 aliphatic heterocycles. The second kappa shape index (κ2) is 12.6. The summed E-state index contributed by atoms with van der Waals surface area (Å²) in [5, 5.41) is 5.67. The molecule has 8 nitrogen and oxygen atoms in total. The molecule has 1 aliphatic rings. The molecule has 3 aromatic carbocycles. The van der Waals surface area contributed by atoms with E-state index in [0.717, 1.165) is 42.0 Å². The number of carbonyl (C=O) groups is 2. The van der Waals surface area contributed by atoms with Gasteiger partial charge < -0.3 is 25.3 Å². The molecule has 0 aliphatic carbocycles. The van der Waals surface area contributed by atoms with E-state index in [1.807, 2.05) is 92.7 Å². The number of hydrogen-bond donors (Lipinski definition) is 2. The molecule has 204 valence electrons. The Labute approximate surface area is 231 Å². The van der Waals surface area contributed by atoms with Gasteiger partial charge >= 0.3 is 6.03 Å². The van der Waals surface area contributed by atoms with E-state index in [1.165, 1.54) is 0 Å². The van der Waals surface area contributed by atoms with E-state index in [-0.39, 0.29) is 11.9 Å². The van der Waals surface area contributed by atoms with E-state index < -0.39 is 12.2 Å². The molecular weight excluding hydrogens is 488 g/mol. The number of amides is 3. The van der Waals surface area contributed by atoms with Crippen molar-refractivity contribution in [3.8, 4) is 0 Å². The lowest BCUT2D eigenvalue weighted by atomic mass is 10.00. The number of benzene rings is 3. The summed E-state index contributed by atoms with van der Waals surface area (Å²) in [5.41, 5.74) is 4.86. The van der Waals surface area contributed by atoms with Gasteiger partial charge in [0.25, 0.3) is 5.91 Å². The SMILES string of the molecule is CC(C)N1C(=O)C(NC(=O)Nc2ccc(N(C)CCCN(C)C)cc2)N=C(c2ccccc2)c2ccccc21. The lowest BCUT2D eigenvalue weighted by Gasteiger charge is -2.29. The molecule has 8 heteroatoms. The third-order valence-electron chi connectivity index (χ3n) is 6.64. The summed E-state index contributed by atoms with van der Waals surface area (Å²) in [5.74, 6) is -0.284. The zero-order valence-corrected chi connectivity index (χ0v) is 23.4. The largest absolute Gasteiger partial charge is 0.375 e. The third kappa shape index (κ3) is 6.83. The average Bonchev–Trinajstić information content (AvgIpc) is 3.03. The molecule has 0 radical (unpaired) electrons. The van der Waals surface area contributed by atoms with Crippen LogP contribution in [-0.2, 0) is 4.79 Å². The molecule has 1 atom stereocenters. The minimum Gasteiger partial charge on any atom is -0.375 e. The van der Waals surface area contributed by atoms with Crippen LogP contribution in [0.2, 0.25) is 0 Å². The molecule has 0 aromatic heterocycles. The molecule has 3 amide bonds. The first kappa shape index (κ1) is 27.9. The first-order valence-corrected chi connectivity index (χ1v) is 13.3. The van der Waals surface area contributed by atoms with Gasteiger partial charge in [0.05, 0.1) is 11.4 Å². The minimum atomic E-state index is -1.09. The monoisotopic (exact) mass is 526 g/mol. The van der Waals surface area contributed by atoms with Gasteiger partial charge in [-0.05, 0) is 71.2 Å². The number of rotatable bonds is 9. The Balaban J connectivity index is 1.53. The summed E-state index contributed by atoms with van der Waals surface area (Å²) < 4.78 is 0. The molecular formula is C31H38N6O2. The van der Waals surface area contributed by atoms with Crippen LogP contribution in [0.3, 0.4) is 0 Å². The van der Waals surface area contributed by atoms with Gasteiger partial charge in [-0.1, -0.05) is 48.5 Å². The van der Waals surface area contributed by atoms with E-state index in [4.69, 9.17) is 4.99 Å². The van der Waals surface area contributed by atoms with Crippen molar-refractivity contribution in [2.75, 3.05) is 49.3 Å². The highest BCUT2D eigenvalue weighted by molar-refractivity contribution is 6.20. The highest BCUT2D eigenvalue weighted by atomic mass is 16.2. The van der Waals surface area contributed by atoms with Crippen molar-refractivity contribution in [3.05, 3.63) is 90.0 Å². The molecule has 0 saturated carbocycles. The zero-order chi connectivity index (χ0) is 27.9. The van der Waals surface area contributed by atoms with Gasteiger partial charge in [-0.15, -0.1) is 0 Å². The number of urea groups is 1. The lowest BCUT2D eigenvalue weighted by molar-refractivity contribution is -0.120. The topological polar surface area (TPSA) is 80.3 Å². The number of hydrogen-bond acceptors (Lipinski definition) is 5. The summed E-state index contributed by atoms with van der Waals surface area (Å²) in [4.78, 5) is 37.7. The molecule has 39 heavy (non-hydrogen) atoms. The Morgan fingerprint density at radius 1 is 0.923 bits per heavy atom. The Hall–Kier alpha value is -4.17. The van der Waals surface area contributed by atoms with Gasteiger partial charge in [-0.2, -0.15) is 0 Å². The first-order valence-electron chi connectivity index (χ1n) is 13.3. The summed E-state index contributed by atoms with van der Waals surface area (Å²) >= 11 is 0. The van der Waals surface area contributed by atoms with Crippen molar-refractivity contribution in [2.45, 2.75) is 32.5 Å². The number of fused-ring (bicyclic) bond motifs is 1. The van der Waals surface area contributed by atoms with E-state index in [0.29, 0.717) is 11.4 Å². The molecule has 3 aromatic rings. The summed E-state index contributed by atoms with van der Waals surface area (Å²) in [6.45, 7) is 5.88. The van der Waals surface area contributed by atoms with Crippen LogP contribution in [0.1, 0.15) is 31.4 Å². The normalized spacial score (nSPS) is 15.1. The maximum Gasteiger partial charge on any atom is 0.321 e. The maximum atomic E-state index is 13.7. The van der Waals surface area contributed by atoms with Crippen LogP contribution in [0.5, 0.6) is 0 Å². The average molecular weight is 527 g/mol. The van der Waals surface area contributed by atoms with E-state index in [1.54, 1.807) is 4.90 Å². The van der Waals surface area contributed by atoms with Gasteiger partial charge in [-0.25, -0.2) is 9.79 Å². The Morgan fingerprint density at radius 3 is 2.26 bits per heavy atom. The van der Waals surface area contributed by atoms with E-state index in [2.05, 4.69) is 41.6 Å². The molecule has 0 saturated heterocycles. The van der Waals surface area contributed by atoms with Crippen molar-refractivity contribution in [3.63, 3.8) is 0 Å². The van der Waals surface area contributed by atoms with Crippen molar-refractivity contribution >= 4 is 34.7 Å². The first-order chi connectivity index (χ1) is 18.7. The second-order valence-corrected chi connectivity index (χ2v) is 10.3. The molecule has 2 N–H and O–H groups in total. The maximum absolute atomic E-state index is 13.7. The number of carbonyl (C=O) groups excluding carboxylic acids is 2. The zero-order valence-electron chi connectivity index (χ0n) is 23.4. The number of para-hydroxylation sites is 1. The van der Waals surface area contributed by atoms with Crippen LogP contribution in [0, 0.1) is 0 Å². The molecule has 0 bridgehead atoms. The van der Waals surface area contributed by atoms with Gasteiger partial charge in [0.1, 0.15) is 0 Å². The quantitative estimate of drug-likeness (QED) is 0.419. The van der Waals surface area contributed by atoms with E-state index >= 15 is 0 Å². The number of benzodiazepines with no additional fused rings is 1. The van der Waals surface area contributed by atoms with Gasteiger partial charge in [0.2, 0.25) is 6.17 Å². The van der Waals surface area contributed by atoms with Gasteiger partial charge in [0, 0.05) is 42.1 Å². The van der Waals surface area contributed by atoms with Crippen LogP contribution in [0.4, 0.5) is 21.9 Å². The second-order valence-electron chi connectivity index (χ2n) is 10.3. The molecule has 4 rings (SSSR count). The van der Waals surface area contributed by atoms with Crippen molar-refractivity contribution in [1.82, 2.24) is 10.2 Å². The fraction of sp³-hybridized carbons (Fsp3) is 0.323. The molecule has 1 heterocycles. The van der Waals surface area contributed by atoms with Gasteiger partial charge in [0.15, 0.2) is 0 Å². The predicted molar refractivity (Wildman–Crippen MR) is 160 cm³/mol. The summed E-state index contributed by atoms with van der Waals surface area (Å²) in [6.07, 6.45) is -0.0264. The lowest BCUT2D eigenvalue weighted by Crippen LogP contribution is -2.50. The fourth-order valence-corrected chi connectivity index (χ4v) is 4.68. The van der Waals surface area contributed by atoms with Crippen molar-refractivity contribution < 1.29 is 9.59 Å². The van der Waals surface area contributed by atoms with Crippen molar-refractivity contribution in [2.24, 2.45) is 4.99 Å². The highest BCUT2D eigenvalue weighted by Gasteiger charge is 2.34.